The number of nitrogens with zero attached hydrogens (tertiary/aromatic N) is 1. The Labute approximate surface area is 90.8 Å². The average Bonchev–Trinajstić information content (AvgIpc) is 2.25. The second kappa shape index (κ2) is 4.64. The number of benzene rings is 1. The van der Waals surface area contributed by atoms with Gasteiger partial charge in [-0.3, -0.25) is 4.90 Å². The first-order valence-corrected chi connectivity index (χ1v) is 5.41. The summed E-state index contributed by atoms with van der Waals surface area (Å²) >= 11 is 0. The molecular formula is C12H18N2O. The lowest BCUT2D eigenvalue weighted by Crippen LogP contribution is -2.35. The molecule has 0 radical (unpaired) electrons. The second-order valence-corrected chi connectivity index (χ2v) is 4.07. The molecule has 0 atom stereocenters. The Morgan fingerprint density at radius 3 is 2.80 bits per heavy atom. The first-order chi connectivity index (χ1) is 7.25. The maximum Gasteiger partial charge on any atom is 0.0594 e. The third-order valence-corrected chi connectivity index (χ3v) is 2.87. The molecule has 0 aliphatic carbocycles. The van der Waals surface area contributed by atoms with Gasteiger partial charge in [-0.15, -0.1) is 0 Å². The summed E-state index contributed by atoms with van der Waals surface area (Å²) in [6, 6.07) is 6.12. The maximum absolute atomic E-state index is 5.79. The van der Waals surface area contributed by atoms with E-state index in [9.17, 15) is 0 Å². The molecule has 1 saturated heterocycles. The van der Waals surface area contributed by atoms with Gasteiger partial charge in [-0.2, -0.15) is 0 Å². The zero-order valence-electron chi connectivity index (χ0n) is 9.20. The van der Waals surface area contributed by atoms with Crippen LogP contribution in [-0.2, 0) is 11.3 Å². The minimum absolute atomic E-state index is 0.849. The Hall–Kier alpha value is -1.06. The molecule has 2 rings (SSSR count). The van der Waals surface area contributed by atoms with Gasteiger partial charge in [-0.25, -0.2) is 0 Å². The van der Waals surface area contributed by atoms with Crippen LogP contribution in [0, 0.1) is 6.92 Å². The summed E-state index contributed by atoms with van der Waals surface area (Å²) in [6.45, 7) is 6.86. The fraction of sp³-hybridized carbons (Fsp3) is 0.500. The molecule has 1 aromatic rings. The van der Waals surface area contributed by atoms with Crippen LogP contribution < -0.4 is 5.73 Å². The molecular weight excluding hydrogens is 188 g/mol. The molecule has 3 heteroatoms. The van der Waals surface area contributed by atoms with E-state index in [1.165, 1.54) is 11.1 Å². The summed E-state index contributed by atoms with van der Waals surface area (Å²) in [4.78, 5) is 2.41. The van der Waals surface area contributed by atoms with E-state index in [1.54, 1.807) is 0 Å². The SMILES string of the molecule is Cc1ccc(N)cc1CN1CCOCC1. The third kappa shape index (κ3) is 2.70. The molecule has 1 aliphatic heterocycles. The summed E-state index contributed by atoms with van der Waals surface area (Å²) in [5, 5.41) is 0. The van der Waals surface area contributed by atoms with Gasteiger partial charge in [0, 0.05) is 25.3 Å². The predicted molar refractivity (Wildman–Crippen MR) is 61.7 cm³/mol. The molecule has 0 amide bonds. The van der Waals surface area contributed by atoms with Gasteiger partial charge in [0.05, 0.1) is 13.2 Å². The Morgan fingerprint density at radius 1 is 1.33 bits per heavy atom. The van der Waals surface area contributed by atoms with Crippen LogP contribution in [0.15, 0.2) is 18.2 Å². The van der Waals surface area contributed by atoms with Crippen LogP contribution in [0.1, 0.15) is 11.1 Å². The Balaban J connectivity index is 2.05. The molecule has 82 valence electrons. The van der Waals surface area contributed by atoms with Crippen LogP contribution in [0.2, 0.25) is 0 Å². The van der Waals surface area contributed by atoms with Gasteiger partial charge in [0.1, 0.15) is 0 Å². The fourth-order valence-corrected chi connectivity index (χ4v) is 1.86. The van der Waals surface area contributed by atoms with Crippen molar-refractivity contribution in [1.82, 2.24) is 4.90 Å². The molecule has 15 heavy (non-hydrogen) atoms. The van der Waals surface area contributed by atoms with Crippen molar-refractivity contribution < 1.29 is 4.74 Å². The highest BCUT2D eigenvalue weighted by atomic mass is 16.5. The van der Waals surface area contributed by atoms with E-state index in [4.69, 9.17) is 10.5 Å². The van der Waals surface area contributed by atoms with Gasteiger partial charge < -0.3 is 10.5 Å². The van der Waals surface area contributed by atoms with E-state index in [-0.39, 0.29) is 0 Å². The van der Waals surface area contributed by atoms with Gasteiger partial charge in [-0.05, 0) is 30.2 Å². The van der Waals surface area contributed by atoms with Crippen LogP contribution in [0.3, 0.4) is 0 Å². The topological polar surface area (TPSA) is 38.5 Å². The minimum atomic E-state index is 0.849. The number of hydrogen-bond acceptors (Lipinski definition) is 3. The zero-order valence-corrected chi connectivity index (χ0v) is 9.20. The van der Waals surface area contributed by atoms with Gasteiger partial charge >= 0.3 is 0 Å². The number of ether oxygens (including phenoxy) is 1. The van der Waals surface area contributed by atoms with Crippen LogP contribution in [0.25, 0.3) is 0 Å². The van der Waals surface area contributed by atoms with E-state index in [1.807, 2.05) is 6.07 Å². The summed E-state index contributed by atoms with van der Waals surface area (Å²) in [5.74, 6) is 0. The van der Waals surface area contributed by atoms with E-state index in [2.05, 4.69) is 24.0 Å². The van der Waals surface area contributed by atoms with Crippen molar-refractivity contribution in [1.29, 1.82) is 0 Å². The van der Waals surface area contributed by atoms with Crippen LogP contribution in [-0.4, -0.2) is 31.2 Å². The number of aryl methyl sites for hydroxylation is 1. The van der Waals surface area contributed by atoms with Crippen LogP contribution in [0.5, 0.6) is 0 Å². The molecule has 2 N–H and O–H groups in total. The van der Waals surface area contributed by atoms with Crippen molar-refractivity contribution in [3.05, 3.63) is 29.3 Å². The zero-order chi connectivity index (χ0) is 10.7. The first kappa shape index (κ1) is 10.5. The van der Waals surface area contributed by atoms with E-state index < -0.39 is 0 Å². The highest BCUT2D eigenvalue weighted by Crippen LogP contribution is 2.15. The smallest absolute Gasteiger partial charge is 0.0594 e. The van der Waals surface area contributed by atoms with Gasteiger partial charge in [-0.1, -0.05) is 6.07 Å². The van der Waals surface area contributed by atoms with Crippen molar-refractivity contribution in [3.8, 4) is 0 Å². The Morgan fingerprint density at radius 2 is 2.07 bits per heavy atom. The number of rotatable bonds is 2. The Bertz CT molecular complexity index is 332. The van der Waals surface area contributed by atoms with Crippen molar-refractivity contribution in [2.45, 2.75) is 13.5 Å². The largest absolute Gasteiger partial charge is 0.399 e. The minimum Gasteiger partial charge on any atom is -0.399 e. The molecule has 0 aromatic heterocycles. The van der Waals surface area contributed by atoms with Gasteiger partial charge in [0.25, 0.3) is 0 Å². The van der Waals surface area contributed by atoms with Crippen molar-refractivity contribution in [2.24, 2.45) is 0 Å². The van der Waals surface area contributed by atoms with Gasteiger partial charge in [0.2, 0.25) is 0 Å². The standard InChI is InChI=1S/C12H18N2O/c1-10-2-3-12(13)8-11(10)9-14-4-6-15-7-5-14/h2-3,8H,4-7,9,13H2,1H3. The van der Waals surface area contributed by atoms with E-state index in [0.717, 1.165) is 38.5 Å². The molecule has 1 fully saturated rings. The molecule has 3 nitrogen and oxygen atoms in total. The number of nitrogen functional groups attached to an aromatic ring is 1. The lowest BCUT2D eigenvalue weighted by molar-refractivity contribution is 0.0341. The molecule has 0 saturated carbocycles. The normalized spacial score (nSPS) is 17.9. The third-order valence-electron chi connectivity index (χ3n) is 2.87. The fourth-order valence-electron chi connectivity index (χ4n) is 1.86. The number of anilines is 1. The molecule has 1 aliphatic rings. The highest BCUT2D eigenvalue weighted by molar-refractivity contribution is 5.44. The van der Waals surface area contributed by atoms with E-state index in [0.29, 0.717) is 0 Å². The maximum atomic E-state index is 5.79. The summed E-state index contributed by atoms with van der Waals surface area (Å²) in [7, 11) is 0. The summed E-state index contributed by atoms with van der Waals surface area (Å²) < 4.78 is 5.33. The molecule has 1 heterocycles. The molecule has 0 spiro atoms. The van der Waals surface area contributed by atoms with Crippen molar-refractivity contribution >= 4 is 5.69 Å². The first-order valence-electron chi connectivity index (χ1n) is 5.41. The quantitative estimate of drug-likeness (QED) is 0.744. The molecule has 0 unspecified atom stereocenters. The predicted octanol–water partition coefficient (Wildman–Crippen LogP) is 1.41. The highest BCUT2D eigenvalue weighted by Gasteiger charge is 2.11. The average molecular weight is 206 g/mol. The molecule has 0 bridgehead atoms. The number of hydrogen-bond donors (Lipinski definition) is 1. The summed E-state index contributed by atoms with van der Waals surface area (Å²) in [5.41, 5.74) is 9.29. The summed E-state index contributed by atoms with van der Waals surface area (Å²) in [6.07, 6.45) is 0. The second-order valence-electron chi connectivity index (χ2n) is 4.07. The lowest BCUT2D eigenvalue weighted by atomic mass is 10.1. The van der Waals surface area contributed by atoms with Crippen LogP contribution in [0.4, 0.5) is 5.69 Å². The van der Waals surface area contributed by atoms with Crippen molar-refractivity contribution in [2.75, 3.05) is 32.0 Å². The van der Waals surface area contributed by atoms with Crippen molar-refractivity contribution in [3.63, 3.8) is 0 Å². The van der Waals surface area contributed by atoms with Gasteiger partial charge in [0.15, 0.2) is 0 Å². The van der Waals surface area contributed by atoms with E-state index >= 15 is 0 Å². The number of morpholine rings is 1. The lowest BCUT2D eigenvalue weighted by Gasteiger charge is -2.27. The van der Waals surface area contributed by atoms with Crippen LogP contribution >= 0.6 is 0 Å². The Kier molecular flexibility index (Phi) is 3.23. The molecule has 1 aromatic carbocycles. The number of nitrogens with two attached hydrogens (primary N) is 1. The monoisotopic (exact) mass is 206 g/mol.